The van der Waals surface area contributed by atoms with E-state index in [1.165, 1.54) is 0 Å². The fourth-order valence-corrected chi connectivity index (χ4v) is 1.52. The van der Waals surface area contributed by atoms with E-state index in [9.17, 15) is 4.79 Å². The van der Waals surface area contributed by atoms with Crippen LogP contribution < -0.4 is 4.74 Å². The Morgan fingerprint density at radius 1 is 1.38 bits per heavy atom. The zero-order valence-electron chi connectivity index (χ0n) is 10.0. The second kappa shape index (κ2) is 6.99. The van der Waals surface area contributed by atoms with Crippen LogP contribution in [0.5, 0.6) is 5.88 Å². The first-order valence-electron chi connectivity index (χ1n) is 5.77. The lowest BCUT2D eigenvalue weighted by atomic mass is 10.1. The van der Waals surface area contributed by atoms with E-state index in [0.717, 1.165) is 24.8 Å². The maximum atomic E-state index is 11.6. The molecule has 0 aromatic carbocycles. The molecule has 3 heteroatoms. The van der Waals surface area contributed by atoms with Crippen LogP contribution in [0.2, 0.25) is 0 Å². The van der Waals surface area contributed by atoms with Gasteiger partial charge in [0.05, 0.1) is 7.11 Å². The SMILES string of the molecule is CCCCCC(=O)Cc1ccc(OC)nc1. The highest BCUT2D eigenvalue weighted by molar-refractivity contribution is 5.80. The van der Waals surface area contributed by atoms with Crippen molar-refractivity contribution in [3.8, 4) is 5.88 Å². The number of nitrogens with zero attached hydrogens (tertiary/aromatic N) is 1. The number of ether oxygens (including phenoxy) is 1. The summed E-state index contributed by atoms with van der Waals surface area (Å²) in [6.07, 6.45) is 6.15. The monoisotopic (exact) mass is 221 g/mol. The number of methoxy groups -OCH3 is 1. The molecule has 0 saturated heterocycles. The molecule has 0 aliphatic carbocycles. The third kappa shape index (κ3) is 4.43. The van der Waals surface area contributed by atoms with Crippen molar-refractivity contribution in [3.63, 3.8) is 0 Å². The zero-order valence-corrected chi connectivity index (χ0v) is 10.0. The number of carbonyl (C=O) groups is 1. The molecule has 0 radical (unpaired) electrons. The van der Waals surface area contributed by atoms with Gasteiger partial charge in [-0.05, 0) is 12.0 Å². The topological polar surface area (TPSA) is 39.2 Å². The van der Waals surface area contributed by atoms with Gasteiger partial charge in [0.25, 0.3) is 0 Å². The quantitative estimate of drug-likeness (QED) is 0.665. The zero-order chi connectivity index (χ0) is 11.8. The van der Waals surface area contributed by atoms with Crippen LogP contribution in [0.1, 0.15) is 38.2 Å². The Hall–Kier alpha value is -1.38. The minimum atomic E-state index is 0.292. The van der Waals surface area contributed by atoms with Crippen LogP contribution in [-0.2, 0) is 11.2 Å². The number of carbonyl (C=O) groups excluding carboxylic acids is 1. The highest BCUT2D eigenvalue weighted by Crippen LogP contribution is 2.09. The lowest BCUT2D eigenvalue weighted by Crippen LogP contribution is -2.03. The molecule has 0 fully saturated rings. The van der Waals surface area contributed by atoms with Crippen molar-refractivity contribution < 1.29 is 9.53 Å². The van der Waals surface area contributed by atoms with Gasteiger partial charge in [0.1, 0.15) is 5.78 Å². The Kier molecular flexibility index (Phi) is 5.54. The van der Waals surface area contributed by atoms with E-state index in [1.807, 2.05) is 6.07 Å². The van der Waals surface area contributed by atoms with E-state index in [0.29, 0.717) is 24.5 Å². The van der Waals surface area contributed by atoms with Gasteiger partial charge in [0, 0.05) is 25.1 Å². The Morgan fingerprint density at radius 2 is 2.19 bits per heavy atom. The van der Waals surface area contributed by atoms with E-state index in [-0.39, 0.29) is 0 Å². The van der Waals surface area contributed by atoms with Crippen LogP contribution in [0.25, 0.3) is 0 Å². The lowest BCUT2D eigenvalue weighted by Gasteiger charge is -2.02. The molecule has 1 aromatic heterocycles. The van der Waals surface area contributed by atoms with Gasteiger partial charge >= 0.3 is 0 Å². The number of hydrogen-bond donors (Lipinski definition) is 0. The normalized spacial score (nSPS) is 10.1. The van der Waals surface area contributed by atoms with Crippen molar-refractivity contribution in [3.05, 3.63) is 23.9 Å². The Bertz CT molecular complexity index is 319. The standard InChI is InChI=1S/C13H19NO2/c1-3-4-5-6-12(15)9-11-7-8-13(16-2)14-10-11/h7-8,10H,3-6,9H2,1-2H3. The summed E-state index contributed by atoms with van der Waals surface area (Å²) in [6, 6.07) is 3.68. The molecule has 0 amide bonds. The Morgan fingerprint density at radius 3 is 2.75 bits per heavy atom. The number of ketones is 1. The molecule has 0 aliphatic heterocycles. The highest BCUT2D eigenvalue weighted by Gasteiger charge is 2.04. The summed E-state index contributed by atoms with van der Waals surface area (Å²) in [5, 5.41) is 0. The summed E-state index contributed by atoms with van der Waals surface area (Å²) < 4.78 is 4.96. The van der Waals surface area contributed by atoms with Gasteiger partial charge < -0.3 is 4.74 Å². The second-order valence-corrected chi connectivity index (χ2v) is 3.88. The molecule has 0 aliphatic rings. The van der Waals surface area contributed by atoms with Crippen LogP contribution in [0.4, 0.5) is 0 Å². The number of pyridine rings is 1. The van der Waals surface area contributed by atoms with Gasteiger partial charge in [-0.15, -0.1) is 0 Å². The van der Waals surface area contributed by atoms with E-state index < -0.39 is 0 Å². The molecule has 0 saturated carbocycles. The first-order chi connectivity index (χ1) is 7.76. The molecular formula is C13H19NO2. The molecule has 3 nitrogen and oxygen atoms in total. The molecule has 0 unspecified atom stereocenters. The van der Waals surface area contributed by atoms with Crippen molar-refractivity contribution in [2.24, 2.45) is 0 Å². The number of aromatic nitrogens is 1. The predicted octanol–water partition coefficient (Wildman–Crippen LogP) is 2.78. The minimum Gasteiger partial charge on any atom is -0.481 e. The van der Waals surface area contributed by atoms with Crippen LogP contribution in [0.15, 0.2) is 18.3 Å². The van der Waals surface area contributed by atoms with Gasteiger partial charge in [-0.1, -0.05) is 25.8 Å². The Labute approximate surface area is 96.8 Å². The van der Waals surface area contributed by atoms with Crippen molar-refractivity contribution in [1.29, 1.82) is 0 Å². The smallest absolute Gasteiger partial charge is 0.212 e. The first kappa shape index (κ1) is 12.7. The molecule has 0 atom stereocenters. The summed E-state index contributed by atoms with van der Waals surface area (Å²) >= 11 is 0. The molecule has 88 valence electrons. The Balaban J connectivity index is 2.37. The van der Waals surface area contributed by atoms with Gasteiger partial charge in [0.15, 0.2) is 0 Å². The van der Waals surface area contributed by atoms with Crippen LogP contribution >= 0.6 is 0 Å². The van der Waals surface area contributed by atoms with Crippen LogP contribution in [0, 0.1) is 0 Å². The van der Waals surface area contributed by atoms with Gasteiger partial charge in [-0.2, -0.15) is 0 Å². The number of unbranched alkanes of at least 4 members (excludes halogenated alkanes) is 2. The van der Waals surface area contributed by atoms with Gasteiger partial charge in [0.2, 0.25) is 5.88 Å². The van der Waals surface area contributed by atoms with Crippen molar-refractivity contribution in [1.82, 2.24) is 4.98 Å². The molecule has 1 heterocycles. The van der Waals surface area contributed by atoms with Crippen LogP contribution in [-0.4, -0.2) is 17.9 Å². The molecule has 0 bridgehead atoms. The van der Waals surface area contributed by atoms with E-state index in [4.69, 9.17) is 4.74 Å². The van der Waals surface area contributed by atoms with E-state index in [2.05, 4.69) is 11.9 Å². The third-order valence-electron chi connectivity index (χ3n) is 2.47. The molecule has 0 N–H and O–H groups in total. The maximum Gasteiger partial charge on any atom is 0.212 e. The number of Topliss-reactive ketones (excluding diaryl/α,β-unsaturated/α-hetero) is 1. The highest BCUT2D eigenvalue weighted by atomic mass is 16.5. The minimum absolute atomic E-state index is 0.292. The van der Waals surface area contributed by atoms with E-state index in [1.54, 1.807) is 19.4 Å². The fraction of sp³-hybridized carbons (Fsp3) is 0.538. The molecular weight excluding hydrogens is 202 g/mol. The number of rotatable bonds is 7. The predicted molar refractivity (Wildman–Crippen MR) is 63.6 cm³/mol. The lowest BCUT2D eigenvalue weighted by molar-refractivity contribution is -0.118. The summed E-state index contributed by atoms with van der Waals surface area (Å²) in [4.78, 5) is 15.7. The number of hydrogen-bond acceptors (Lipinski definition) is 3. The van der Waals surface area contributed by atoms with Crippen molar-refractivity contribution >= 4 is 5.78 Å². The summed E-state index contributed by atoms with van der Waals surface area (Å²) in [5.74, 6) is 0.877. The third-order valence-corrected chi connectivity index (χ3v) is 2.47. The fourth-order valence-electron chi connectivity index (χ4n) is 1.52. The average molecular weight is 221 g/mol. The molecule has 16 heavy (non-hydrogen) atoms. The maximum absolute atomic E-state index is 11.6. The summed E-state index contributed by atoms with van der Waals surface area (Å²) in [7, 11) is 1.58. The van der Waals surface area contributed by atoms with Crippen molar-refractivity contribution in [2.45, 2.75) is 39.0 Å². The summed E-state index contributed by atoms with van der Waals surface area (Å²) in [6.45, 7) is 2.14. The van der Waals surface area contributed by atoms with Crippen molar-refractivity contribution in [2.75, 3.05) is 7.11 Å². The van der Waals surface area contributed by atoms with Gasteiger partial charge in [-0.3, -0.25) is 4.79 Å². The molecule has 1 rings (SSSR count). The molecule has 0 spiro atoms. The van der Waals surface area contributed by atoms with E-state index >= 15 is 0 Å². The average Bonchev–Trinajstić information content (AvgIpc) is 2.30. The molecule has 1 aromatic rings. The van der Waals surface area contributed by atoms with Gasteiger partial charge in [-0.25, -0.2) is 4.98 Å². The first-order valence-corrected chi connectivity index (χ1v) is 5.77. The summed E-state index contributed by atoms with van der Waals surface area (Å²) in [5.41, 5.74) is 0.960. The van der Waals surface area contributed by atoms with Crippen LogP contribution in [0.3, 0.4) is 0 Å². The second-order valence-electron chi connectivity index (χ2n) is 3.88. The largest absolute Gasteiger partial charge is 0.481 e.